The number of hydrogen-bond donors (Lipinski definition) is 3. The standard InChI is InChI=1S/C22H21N3O6S2/c1-3-31-22(28)19-11-12-20(32-19)24-21(27)15-7-9-18(10-8-15)33(29,30)25-17-6-4-5-16(13-17)23-14(2)26/h4-13,25H,3H2,1-2H3,(H,23,26)(H,24,27). The number of rotatable bonds is 8. The van der Waals surface area contributed by atoms with Gasteiger partial charge >= 0.3 is 5.97 Å². The molecule has 0 unspecified atom stereocenters. The lowest BCUT2D eigenvalue weighted by atomic mass is 10.2. The minimum atomic E-state index is -3.92. The van der Waals surface area contributed by atoms with E-state index in [1.54, 1.807) is 37.3 Å². The molecule has 0 aliphatic rings. The maximum Gasteiger partial charge on any atom is 0.348 e. The molecule has 2 aromatic carbocycles. The highest BCUT2D eigenvalue weighted by atomic mass is 32.2. The highest BCUT2D eigenvalue weighted by Gasteiger charge is 2.17. The summed E-state index contributed by atoms with van der Waals surface area (Å²) in [5.41, 5.74) is 0.972. The van der Waals surface area contributed by atoms with Crippen LogP contribution >= 0.6 is 11.3 Å². The van der Waals surface area contributed by atoms with Gasteiger partial charge in [-0.15, -0.1) is 11.3 Å². The molecule has 1 aromatic heterocycles. The third-order valence-corrected chi connectivity index (χ3v) is 6.56. The third kappa shape index (κ3) is 6.40. The molecule has 1 heterocycles. The Bertz CT molecular complexity index is 1280. The maximum absolute atomic E-state index is 12.7. The first-order chi connectivity index (χ1) is 15.7. The highest BCUT2D eigenvalue weighted by molar-refractivity contribution is 7.92. The molecule has 0 aliphatic heterocycles. The molecular weight excluding hydrogens is 466 g/mol. The first-order valence-electron chi connectivity index (χ1n) is 9.77. The number of ether oxygens (including phenoxy) is 1. The van der Waals surface area contributed by atoms with E-state index in [-0.39, 0.29) is 28.7 Å². The summed E-state index contributed by atoms with van der Waals surface area (Å²) in [6, 6.07) is 14.8. The van der Waals surface area contributed by atoms with Crippen LogP contribution in [0.25, 0.3) is 0 Å². The number of benzene rings is 2. The van der Waals surface area contributed by atoms with Gasteiger partial charge < -0.3 is 15.4 Å². The van der Waals surface area contributed by atoms with Crippen LogP contribution < -0.4 is 15.4 Å². The summed E-state index contributed by atoms with van der Waals surface area (Å²) in [6.45, 7) is 3.31. The normalized spacial score (nSPS) is 10.8. The van der Waals surface area contributed by atoms with Gasteiger partial charge in [0.05, 0.1) is 22.2 Å². The zero-order valence-electron chi connectivity index (χ0n) is 17.7. The van der Waals surface area contributed by atoms with Crippen molar-refractivity contribution < 1.29 is 27.5 Å². The number of sulfonamides is 1. The van der Waals surface area contributed by atoms with Gasteiger partial charge in [0.2, 0.25) is 5.91 Å². The van der Waals surface area contributed by atoms with Crippen molar-refractivity contribution >= 4 is 55.5 Å². The molecule has 0 aliphatic carbocycles. The van der Waals surface area contributed by atoms with Gasteiger partial charge in [0.1, 0.15) is 4.88 Å². The fourth-order valence-electron chi connectivity index (χ4n) is 2.76. The van der Waals surface area contributed by atoms with Crippen molar-refractivity contribution in [2.24, 2.45) is 0 Å². The fourth-order valence-corrected chi connectivity index (χ4v) is 4.61. The summed E-state index contributed by atoms with van der Waals surface area (Å²) in [5.74, 6) is -1.19. The number of carbonyl (C=O) groups is 3. The van der Waals surface area contributed by atoms with Gasteiger partial charge in [-0.1, -0.05) is 6.07 Å². The van der Waals surface area contributed by atoms with Gasteiger partial charge in [-0.25, -0.2) is 13.2 Å². The van der Waals surface area contributed by atoms with Crippen LogP contribution in [-0.4, -0.2) is 32.8 Å². The average molecular weight is 488 g/mol. The molecule has 0 fully saturated rings. The molecule has 0 saturated heterocycles. The van der Waals surface area contributed by atoms with E-state index in [1.165, 1.54) is 37.3 Å². The number of nitrogens with one attached hydrogen (secondary N) is 3. The van der Waals surface area contributed by atoms with Crippen molar-refractivity contribution in [1.29, 1.82) is 0 Å². The van der Waals surface area contributed by atoms with Crippen molar-refractivity contribution in [1.82, 2.24) is 0 Å². The monoisotopic (exact) mass is 487 g/mol. The van der Waals surface area contributed by atoms with Crippen molar-refractivity contribution in [3.63, 3.8) is 0 Å². The molecule has 0 spiro atoms. The summed E-state index contributed by atoms with van der Waals surface area (Å²) in [5, 5.41) is 5.71. The first-order valence-corrected chi connectivity index (χ1v) is 12.1. The minimum absolute atomic E-state index is 0.0373. The topological polar surface area (TPSA) is 131 Å². The van der Waals surface area contributed by atoms with Gasteiger partial charge in [0, 0.05) is 18.2 Å². The molecule has 0 atom stereocenters. The molecule has 11 heteroatoms. The predicted molar refractivity (Wildman–Crippen MR) is 126 cm³/mol. The van der Waals surface area contributed by atoms with E-state index in [4.69, 9.17) is 4.74 Å². The Kier molecular flexibility index (Phi) is 7.46. The predicted octanol–water partition coefficient (Wildman–Crippen LogP) is 3.94. The van der Waals surface area contributed by atoms with Crippen molar-refractivity contribution in [3.8, 4) is 0 Å². The first kappa shape index (κ1) is 24.0. The lowest BCUT2D eigenvalue weighted by molar-refractivity contribution is -0.114. The van der Waals surface area contributed by atoms with E-state index in [9.17, 15) is 22.8 Å². The van der Waals surface area contributed by atoms with E-state index in [0.717, 1.165) is 11.3 Å². The van der Waals surface area contributed by atoms with E-state index in [2.05, 4.69) is 15.4 Å². The molecule has 2 amide bonds. The van der Waals surface area contributed by atoms with Crippen molar-refractivity contribution in [2.75, 3.05) is 22.0 Å². The van der Waals surface area contributed by atoms with Gasteiger partial charge in [-0.3, -0.25) is 14.3 Å². The number of esters is 1. The number of hydrogen-bond acceptors (Lipinski definition) is 7. The second-order valence-electron chi connectivity index (χ2n) is 6.73. The number of anilines is 3. The van der Waals surface area contributed by atoms with E-state index >= 15 is 0 Å². The summed E-state index contributed by atoms with van der Waals surface area (Å²) in [7, 11) is -3.92. The molecule has 3 N–H and O–H groups in total. The SMILES string of the molecule is CCOC(=O)c1ccc(NC(=O)c2ccc(S(=O)(=O)Nc3cccc(NC(C)=O)c3)cc2)s1. The Morgan fingerprint density at radius 1 is 0.939 bits per heavy atom. The van der Waals surface area contributed by atoms with E-state index in [1.807, 2.05) is 0 Å². The zero-order chi connectivity index (χ0) is 24.0. The number of carbonyl (C=O) groups excluding carboxylic acids is 3. The van der Waals surface area contributed by atoms with Gasteiger partial charge in [-0.05, 0) is 61.5 Å². The Morgan fingerprint density at radius 2 is 1.64 bits per heavy atom. The van der Waals surface area contributed by atoms with Crippen LogP contribution in [0.2, 0.25) is 0 Å². The number of thiophene rings is 1. The second-order valence-corrected chi connectivity index (χ2v) is 9.50. The largest absolute Gasteiger partial charge is 0.462 e. The molecule has 172 valence electrons. The zero-order valence-corrected chi connectivity index (χ0v) is 19.4. The van der Waals surface area contributed by atoms with E-state index in [0.29, 0.717) is 15.6 Å². The Labute approximate surface area is 194 Å². The molecule has 0 bridgehead atoms. The maximum atomic E-state index is 12.7. The van der Waals surface area contributed by atoms with Crippen LogP contribution in [0.3, 0.4) is 0 Å². The van der Waals surface area contributed by atoms with Gasteiger partial charge in [0.15, 0.2) is 0 Å². The van der Waals surface area contributed by atoms with Crippen LogP contribution in [0.5, 0.6) is 0 Å². The minimum Gasteiger partial charge on any atom is -0.462 e. The quantitative estimate of drug-likeness (QED) is 0.413. The van der Waals surface area contributed by atoms with E-state index < -0.39 is 21.9 Å². The van der Waals surface area contributed by atoms with Crippen LogP contribution in [0.1, 0.15) is 33.9 Å². The highest BCUT2D eigenvalue weighted by Crippen LogP contribution is 2.24. The summed E-state index contributed by atoms with van der Waals surface area (Å²) in [6.07, 6.45) is 0. The smallest absolute Gasteiger partial charge is 0.348 e. The molecule has 33 heavy (non-hydrogen) atoms. The molecule has 3 aromatic rings. The van der Waals surface area contributed by atoms with Crippen molar-refractivity contribution in [3.05, 3.63) is 71.1 Å². The van der Waals surface area contributed by atoms with Crippen molar-refractivity contribution in [2.45, 2.75) is 18.7 Å². The Balaban J connectivity index is 1.68. The second kappa shape index (κ2) is 10.3. The average Bonchev–Trinajstić information content (AvgIpc) is 3.22. The fraction of sp³-hybridized carbons (Fsp3) is 0.136. The Hall–Kier alpha value is -3.70. The lowest BCUT2D eigenvalue weighted by Gasteiger charge is -2.10. The summed E-state index contributed by atoms with van der Waals surface area (Å²) in [4.78, 5) is 35.7. The summed E-state index contributed by atoms with van der Waals surface area (Å²) >= 11 is 1.08. The molecule has 0 saturated carbocycles. The van der Waals surface area contributed by atoms with Crippen LogP contribution in [0, 0.1) is 0 Å². The third-order valence-electron chi connectivity index (χ3n) is 4.18. The van der Waals surface area contributed by atoms with Gasteiger partial charge in [-0.2, -0.15) is 0 Å². The Morgan fingerprint density at radius 3 is 2.30 bits per heavy atom. The molecule has 3 rings (SSSR count). The van der Waals surface area contributed by atoms with Crippen LogP contribution in [0.4, 0.5) is 16.4 Å². The molecule has 0 radical (unpaired) electrons. The molecular formula is C22H21N3O6S2. The van der Waals surface area contributed by atoms with Crippen LogP contribution in [-0.2, 0) is 19.6 Å². The summed E-state index contributed by atoms with van der Waals surface area (Å²) < 4.78 is 32.7. The van der Waals surface area contributed by atoms with Crippen LogP contribution in [0.15, 0.2) is 65.6 Å². The number of amides is 2. The van der Waals surface area contributed by atoms with Gasteiger partial charge in [0.25, 0.3) is 15.9 Å². The lowest BCUT2D eigenvalue weighted by Crippen LogP contribution is -2.15. The molecule has 9 nitrogen and oxygen atoms in total.